The number of alkyl halides is 1. The molecule has 1 aromatic rings. The van der Waals surface area contributed by atoms with E-state index in [1.54, 1.807) is 12.1 Å². The smallest absolute Gasteiger partial charge is 0.251 e. The number of ether oxygens (including phenoxy) is 1. The number of benzene rings is 1. The first-order chi connectivity index (χ1) is 9.13. The van der Waals surface area contributed by atoms with Crippen molar-refractivity contribution in [2.45, 2.75) is 11.8 Å². The van der Waals surface area contributed by atoms with E-state index < -0.39 is 0 Å². The highest BCUT2D eigenvalue weighted by Gasteiger charge is 2.14. The molecule has 0 fully saturated rings. The fourth-order valence-corrected chi connectivity index (χ4v) is 2.26. The van der Waals surface area contributed by atoms with Crippen LogP contribution in [0.15, 0.2) is 17.0 Å². The molecule has 0 saturated carbocycles. The van der Waals surface area contributed by atoms with Gasteiger partial charge in [-0.3, -0.25) is 4.79 Å². The first kappa shape index (κ1) is 16.5. The van der Waals surface area contributed by atoms with Gasteiger partial charge in [0.2, 0.25) is 0 Å². The van der Waals surface area contributed by atoms with Crippen LogP contribution in [0.4, 0.5) is 0 Å². The molecule has 0 aliphatic heterocycles. The van der Waals surface area contributed by atoms with Gasteiger partial charge in [0.15, 0.2) is 0 Å². The second-order valence-corrected chi connectivity index (χ2v) is 5.31. The minimum atomic E-state index is -0.150. The fourth-order valence-electron chi connectivity index (χ4n) is 1.44. The molecule has 106 valence electrons. The number of rotatable bonds is 7. The van der Waals surface area contributed by atoms with Gasteiger partial charge in [-0.1, -0.05) is 27.6 Å². The van der Waals surface area contributed by atoms with Gasteiger partial charge >= 0.3 is 0 Å². The number of carbonyl (C=O) groups is 1. The summed E-state index contributed by atoms with van der Waals surface area (Å²) in [6.07, 6.45) is 0. The van der Waals surface area contributed by atoms with Gasteiger partial charge in [0.25, 0.3) is 5.91 Å². The molecule has 0 saturated heterocycles. The number of hydrogen-bond donors (Lipinski definition) is 2. The zero-order valence-electron chi connectivity index (χ0n) is 10.4. The maximum Gasteiger partial charge on any atom is 0.251 e. The SMILES string of the molecule is COc1cc(C(=O)NCCI)c(C)cc1SOOO. The minimum Gasteiger partial charge on any atom is -0.495 e. The van der Waals surface area contributed by atoms with Crippen molar-refractivity contribution in [1.29, 1.82) is 0 Å². The maximum atomic E-state index is 11.9. The predicted molar refractivity (Wildman–Crippen MR) is 79.6 cm³/mol. The van der Waals surface area contributed by atoms with Crippen LogP contribution >= 0.6 is 34.6 Å². The summed E-state index contributed by atoms with van der Waals surface area (Å²) in [6, 6.07) is 3.35. The molecule has 1 amide bonds. The summed E-state index contributed by atoms with van der Waals surface area (Å²) >= 11 is 2.98. The summed E-state index contributed by atoms with van der Waals surface area (Å²) in [4.78, 5) is 12.5. The quantitative estimate of drug-likeness (QED) is 0.241. The molecule has 6 nitrogen and oxygen atoms in total. The number of aryl methyl sites for hydroxylation is 1. The van der Waals surface area contributed by atoms with Gasteiger partial charge in [0, 0.05) is 16.5 Å². The molecule has 1 aromatic carbocycles. The Labute approximate surface area is 129 Å². The molecule has 0 aromatic heterocycles. The van der Waals surface area contributed by atoms with E-state index in [0.717, 1.165) is 22.0 Å². The molecule has 0 atom stereocenters. The summed E-state index contributed by atoms with van der Waals surface area (Å²) in [5, 5.41) is 14.5. The van der Waals surface area contributed by atoms with Gasteiger partial charge in [-0.2, -0.15) is 0 Å². The van der Waals surface area contributed by atoms with Crippen LogP contribution in [0.25, 0.3) is 0 Å². The number of amides is 1. The van der Waals surface area contributed by atoms with Crippen molar-refractivity contribution in [2.24, 2.45) is 0 Å². The molecule has 0 heterocycles. The zero-order valence-corrected chi connectivity index (χ0v) is 13.4. The summed E-state index contributed by atoms with van der Waals surface area (Å²) in [6.45, 7) is 2.42. The summed E-state index contributed by atoms with van der Waals surface area (Å²) in [5.41, 5.74) is 1.31. The van der Waals surface area contributed by atoms with Crippen molar-refractivity contribution in [3.8, 4) is 5.75 Å². The molecule has 0 radical (unpaired) electrons. The lowest BCUT2D eigenvalue weighted by Gasteiger charge is -2.12. The number of hydrogen-bond acceptors (Lipinski definition) is 6. The van der Waals surface area contributed by atoms with Gasteiger partial charge in [-0.15, -0.1) is 4.33 Å². The lowest BCUT2D eigenvalue weighted by Crippen LogP contribution is -2.25. The molecule has 0 spiro atoms. The van der Waals surface area contributed by atoms with Gasteiger partial charge in [0.05, 0.1) is 24.0 Å². The van der Waals surface area contributed by atoms with Gasteiger partial charge < -0.3 is 10.1 Å². The summed E-state index contributed by atoms with van der Waals surface area (Å²) in [7, 11) is 1.49. The molecular formula is C11H14INO5S. The summed E-state index contributed by atoms with van der Waals surface area (Å²) < 4.78 is 10.4. The third-order valence-electron chi connectivity index (χ3n) is 2.29. The first-order valence-electron chi connectivity index (χ1n) is 5.31. The molecule has 0 aliphatic carbocycles. The van der Waals surface area contributed by atoms with Gasteiger partial charge in [-0.05, 0) is 24.6 Å². The second-order valence-electron chi connectivity index (χ2n) is 3.49. The van der Waals surface area contributed by atoms with Crippen LogP contribution in [0.2, 0.25) is 0 Å². The molecule has 1 rings (SSSR count). The highest BCUT2D eigenvalue weighted by atomic mass is 127. The van der Waals surface area contributed by atoms with E-state index in [9.17, 15) is 4.79 Å². The third kappa shape index (κ3) is 4.80. The first-order valence-corrected chi connectivity index (χ1v) is 7.58. The van der Waals surface area contributed by atoms with Crippen LogP contribution in [-0.2, 0) is 9.37 Å². The third-order valence-corrected chi connectivity index (χ3v) is 3.46. The Kier molecular flexibility index (Phi) is 7.46. The fraction of sp³-hybridized carbons (Fsp3) is 0.364. The average Bonchev–Trinajstić information content (AvgIpc) is 2.42. The topological polar surface area (TPSA) is 77.0 Å². The van der Waals surface area contributed by atoms with Crippen LogP contribution in [0.3, 0.4) is 0 Å². The molecule has 0 aliphatic rings. The Morgan fingerprint density at radius 1 is 1.53 bits per heavy atom. The Morgan fingerprint density at radius 2 is 2.26 bits per heavy atom. The van der Waals surface area contributed by atoms with Crippen LogP contribution in [0.1, 0.15) is 15.9 Å². The van der Waals surface area contributed by atoms with E-state index in [1.807, 2.05) is 6.92 Å². The highest BCUT2D eigenvalue weighted by Crippen LogP contribution is 2.32. The van der Waals surface area contributed by atoms with Crippen molar-refractivity contribution in [1.82, 2.24) is 5.32 Å². The Balaban J connectivity index is 2.98. The van der Waals surface area contributed by atoms with E-state index in [2.05, 4.69) is 37.3 Å². The van der Waals surface area contributed by atoms with E-state index in [1.165, 1.54) is 7.11 Å². The molecule has 8 heteroatoms. The number of nitrogens with one attached hydrogen (secondary N) is 1. The van der Waals surface area contributed by atoms with Crippen molar-refractivity contribution in [3.63, 3.8) is 0 Å². The predicted octanol–water partition coefficient (Wildman–Crippen LogP) is 2.60. The standard InChI is InChI=1S/C11H14INO5S/c1-7-5-10(19-18-17-15)9(16-2)6-8(7)11(14)13-4-3-12/h5-6,15H,3-4H2,1-2H3,(H,13,14). The molecular weight excluding hydrogens is 385 g/mol. The van der Waals surface area contributed by atoms with Gasteiger partial charge in [0.1, 0.15) is 5.75 Å². The number of halogens is 1. The summed E-state index contributed by atoms with van der Waals surface area (Å²) in [5.74, 6) is 0.315. The van der Waals surface area contributed by atoms with Crippen molar-refractivity contribution in [3.05, 3.63) is 23.3 Å². The molecule has 0 unspecified atom stereocenters. The van der Waals surface area contributed by atoms with E-state index >= 15 is 0 Å². The monoisotopic (exact) mass is 399 g/mol. The van der Waals surface area contributed by atoms with E-state index in [-0.39, 0.29) is 5.91 Å². The zero-order chi connectivity index (χ0) is 14.3. The molecule has 0 bridgehead atoms. The largest absolute Gasteiger partial charge is 0.495 e. The highest BCUT2D eigenvalue weighted by molar-refractivity contribution is 14.1. The van der Waals surface area contributed by atoms with Crippen LogP contribution in [-0.4, -0.2) is 29.2 Å². The van der Waals surface area contributed by atoms with Gasteiger partial charge in [-0.25, -0.2) is 5.26 Å². The lowest BCUT2D eigenvalue weighted by molar-refractivity contribution is -0.432. The Morgan fingerprint density at radius 3 is 2.84 bits per heavy atom. The average molecular weight is 399 g/mol. The van der Waals surface area contributed by atoms with E-state index in [0.29, 0.717) is 22.8 Å². The Hall–Kier alpha value is -0.550. The Bertz CT molecular complexity index is 443. The number of methoxy groups -OCH3 is 1. The normalized spacial score (nSPS) is 10.3. The van der Waals surface area contributed by atoms with Crippen LogP contribution in [0, 0.1) is 6.92 Å². The maximum absolute atomic E-state index is 11.9. The second kappa shape index (κ2) is 8.59. The van der Waals surface area contributed by atoms with Crippen LogP contribution < -0.4 is 10.1 Å². The van der Waals surface area contributed by atoms with Crippen molar-refractivity contribution < 1.29 is 24.2 Å². The lowest BCUT2D eigenvalue weighted by atomic mass is 10.1. The van der Waals surface area contributed by atoms with Crippen molar-refractivity contribution in [2.75, 3.05) is 18.1 Å². The van der Waals surface area contributed by atoms with E-state index in [4.69, 9.17) is 9.99 Å². The van der Waals surface area contributed by atoms with Crippen molar-refractivity contribution >= 4 is 40.5 Å². The molecule has 2 N–H and O–H groups in total. The van der Waals surface area contributed by atoms with Crippen LogP contribution in [0.5, 0.6) is 5.75 Å². The number of carbonyl (C=O) groups excluding carboxylic acids is 1. The minimum absolute atomic E-state index is 0.150. The molecule has 19 heavy (non-hydrogen) atoms.